The van der Waals surface area contributed by atoms with Gasteiger partial charge in [-0.3, -0.25) is 0 Å². The fourth-order valence-corrected chi connectivity index (χ4v) is 1.36. The molecule has 1 aromatic heterocycles. The second-order valence-electron chi connectivity index (χ2n) is 3.32. The van der Waals surface area contributed by atoms with Gasteiger partial charge in [-0.2, -0.15) is 4.98 Å². The summed E-state index contributed by atoms with van der Waals surface area (Å²) in [6.45, 7) is 3.12. The van der Waals surface area contributed by atoms with E-state index in [0.29, 0.717) is 24.9 Å². The van der Waals surface area contributed by atoms with Crippen LogP contribution in [0.2, 0.25) is 0 Å². The van der Waals surface area contributed by atoms with Crippen molar-refractivity contribution in [3.8, 4) is 0 Å². The fourth-order valence-electron chi connectivity index (χ4n) is 1.36. The monoisotopic (exact) mass is 183 g/mol. The Morgan fingerprint density at radius 3 is 3.00 bits per heavy atom. The molecular weight excluding hydrogens is 170 g/mol. The van der Waals surface area contributed by atoms with Gasteiger partial charge >= 0.3 is 0 Å². The van der Waals surface area contributed by atoms with Crippen LogP contribution in [0.1, 0.15) is 25.1 Å². The van der Waals surface area contributed by atoms with Crippen LogP contribution in [0.4, 0.5) is 0 Å². The van der Waals surface area contributed by atoms with Gasteiger partial charge in [0.05, 0.1) is 6.61 Å². The van der Waals surface area contributed by atoms with Gasteiger partial charge in [0, 0.05) is 13.0 Å². The molecule has 0 saturated carbocycles. The third kappa shape index (κ3) is 1.45. The predicted octanol–water partition coefficient (Wildman–Crippen LogP) is 0.206. The quantitative estimate of drug-likeness (QED) is 0.709. The molecule has 1 aromatic rings. The number of ether oxygens (including phenoxy) is 1. The maximum absolute atomic E-state index is 6.04. The molecule has 1 saturated heterocycles. The van der Waals surface area contributed by atoms with E-state index in [9.17, 15) is 0 Å². The highest BCUT2D eigenvalue weighted by Gasteiger charge is 2.36. The van der Waals surface area contributed by atoms with Gasteiger partial charge < -0.3 is 15.0 Å². The molecule has 0 aliphatic carbocycles. The number of rotatable bonds is 2. The lowest BCUT2D eigenvalue weighted by atomic mass is 10.00. The summed E-state index contributed by atoms with van der Waals surface area (Å²) in [5.41, 5.74) is 5.51. The molecule has 13 heavy (non-hydrogen) atoms. The SMILES string of the molecule is CCc1nc(C2(N)CCOC2)no1. The first-order valence-corrected chi connectivity index (χ1v) is 4.44. The van der Waals surface area contributed by atoms with Gasteiger partial charge in [-0.15, -0.1) is 0 Å². The van der Waals surface area contributed by atoms with Crippen LogP contribution in [0.3, 0.4) is 0 Å². The lowest BCUT2D eigenvalue weighted by Gasteiger charge is -2.15. The van der Waals surface area contributed by atoms with Crippen LogP contribution in [-0.2, 0) is 16.7 Å². The topological polar surface area (TPSA) is 74.2 Å². The number of aromatic nitrogens is 2. The molecule has 0 bridgehead atoms. The number of hydrogen-bond donors (Lipinski definition) is 1. The van der Waals surface area contributed by atoms with Gasteiger partial charge in [-0.1, -0.05) is 12.1 Å². The van der Waals surface area contributed by atoms with E-state index in [2.05, 4.69) is 10.1 Å². The summed E-state index contributed by atoms with van der Waals surface area (Å²) in [4.78, 5) is 4.20. The average molecular weight is 183 g/mol. The van der Waals surface area contributed by atoms with Crippen molar-refractivity contribution < 1.29 is 9.26 Å². The highest BCUT2D eigenvalue weighted by molar-refractivity contribution is 5.06. The molecular formula is C8H13N3O2. The van der Waals surface area contributed by atoms with Gasteiger partial charge in [-0.25, -0.2) is 0 Å². The molecule has 5 nitrogen and oxygen atoms in total. The molecule has 2 heterocycles. The zero-order chi connectivity index (χ0) is 9.31. The van der Waals surface area contributed by atoms with E-state index in [1.165, 1.54) is 0 Å². The van der Waals surface area contributed by atoms with E-state index in [1.807, 2.05) is 6.92 Å². The van der Waals surface area contributed by atoms with Crippen LogP contribution < -0.4 is 5.73 Å². The van der Waals surface area contributed by atoms with Crippen molar-refractivity contribution in [1.29, 1.82) is 0 Å². The molecule has 1 aliphatic heterocycles. The first-order valence-electron chi connectivity index (χ1n) is 4.44. The van der Waals surface area contributed by atoms with Gasteiger partial charge in [0.1, 0.15) is 5.54 Å². The molecule has 5 heteroatoms. The van der Waals surface area contributed by atoms with E-state index < -0.39 is 5.54 Å². The van der Waals surface area contributed by atoms with Gasteiger partial charge in [0.15, 0.2) is 5.82 Å². The smallest absolute Gasteiger partial charge is 0.226 e. The minimum absolute atomic E-state index is 0.482. The average Bonchev–Trinajstić information content (AvgIpc) is 2.72. The van der Waals surface area contributed by atoms with Crippen molar-refractivity contribution in [1.82, 2.24) is 10.1 Å². The normalized spacial score (nSPS) is 28.2. The second kappa shape index (κ2) is 3.08. The minimum atomic E-state index is -0.531. The molecule has 0 amide bonds. The van der Waals surface area contributed by atoms with E-state index >= 15 is 0 Å². The third-order valence-corrected chi connectivity index (χ3v) is 2.27. The standard InChI is InChI=1S/C8H13N3O2/c1-2-6-10-7(11-13-6)8(9)3-4-12-5-8/h2-5,9H2,1H3. The minimum Gasteiger partial charge on any atom is -0.379 e. The summed E-state index contributed by atoms with van der Waals surface area (Å²) < 4.78 is 10.2. The van der Waals surface area contributed by atoms with Crippen LogP contribution in [0, 0.1) is 0 Å². The van der Waals surface area contributed by atoms with Crippen LogP contribution in [0.25, 0.3) is 0 Å². The summed E-state index contributed by atoms with van der Waals surface area (Å²) in [5.74, 6) is 1.20. The van der Waals surface area contributed by atoms with Crippen molar-refractivity contribution >= 4 is 0 Å². The Morgan fingerprint density at radius 2 is 2.46 bits per heavy atom. The van der Waals surface area contributed by atoms with E-state index in [1.54, 1.807) is 0 Å². The number of nitrogens with two attached hydrogens (primary N) is 1. The van der Waals surface area contributed by atoms with Crippen molar-refractivity contribution in [3.05, 3.63) is 11.7 Å². The predicted molar refractivity (Wildman–Crippen MR) is 45.0 cm³/mol. The van der Waals surface area contributed by atoms with Crippen molar-refractivity contribution in [2.75, 3.05) is 13.2 Å². The van der Waals surface area contributed by atoms with Crippen molar-refractivity contribution in [2.45, 2.75) is 25.3 Å². The molecule has 1 unspecified atom stereocenters. The van der Waals surface area contributed by atoms with Crippen LogP contribution >= 0.6 is 0 Å². The van der Waals surface area contributed by atoms with Gasteiger partial charge in [-0.05, 0) is 6.42 Å². The number of nitrogens with zero attached hydrogens (tertiary/aromatic N) is 2. The summed E-state index contributed by atoms with van der Waals surface area (Å²) in [6, 6.07) is 0. The summed E-state index contributed by atoms with van der Waals surface area (Å²) in [7, 11) is 0. The maximum atomic E-state index is 6.04. The van der Waals surface area contributed by atoms with Crippen LogP contribution in [0.5, 0.6) is 0 Å². The summed E-state index contributed by atoms with van der Waals surface area (Å²) >= 11 is 0. The Bertz CT molecular complexity index is 291. The molecule has 0 radical (unpaired) electrons. The lowest BCUT2D eigenvalue weighted by molar-refractivity contribution is 0.175. The molecule has 2 N–H and O–H groups in total. The number of hydrogen-bond acceptors (Lipinski definition) is 5. The Balaban J connectivity index is 2.23. The summed E-state index contributed by atoms with van der Waals surface area (Å²) in [6.07, 6.45) is 1.50. The van der Waals surface area contributed by atoms with E-state index in [4.69, 9.17) is 15.0 Å². The van der Waals surface area contributed by atoms with Crippen molar-refractivity contribution in [3.63, 3.8) is 0 Å². The van der Waals surface area contributed by atoms with Crippen LogP contribution in [0.15, 0.2) is 4.52 Å². The zero-order valence-electron chi connectivity index (χ0n) is 7.62. The second-order valence-corrected chi connectivity index (χ2v) is 3.32. The molecule has 72 valence electrons. The van der Waals surface area contributed by atoms with Crippen molar-refractivity contribution in [2.24, 2.45) is 5.73 Å². The van der Waals surface area contributed by atoms with Gasteiger partial charge in [0.2, 0.25) is 5.89 Å². The molecule has 2 rings (SSSR count). The Kier molecular flexibility index (Phi) is 2.05. The number of aryl methyl sites for hydroxylation is 1. The first kappa shape index (κ1) is 8.65. The van der Waals surface area contributed by atoms with E-state index in [0.717, 1.165) is 12.8 Å². The van der Waals surface area contributed by atoms with E-state index in [-0.39, 0.29) is 0 Å². The Hall–Kier alpha value is -0.940. The summed E-state index contributed by atoms with van der Waals surface area (Å²) in [5, 5.41) is 3.85. The van der Waals surface area contributed by atoms with Gasteiger partial charge in [0.25, 0.3) is 0 Å². The molecule has 1 atom stereocenters. The first-order chi connectivity index (χ1) is 6.24. The maximum Gasteiger partial charge on any atom is 0.226 e. The largest absolute Gasteiger partial charge is 0.379 e. The molecule has 1 fully saturated rings. The third-order valence-electron chi connectivity index (χ3n) is 2.27. The molecule has 0 aromatic carbocycles. The Labute approximate surface area is 76.3 Å². The lowest BCUT2D eigenvalue weighted by Crippen LogP contribution is -2.38. The highest BCUT2D eigenvalue weighted by Crippen LogP contribution is 2.24. The Morgan fingerprint density at radius 1 is 1.62 bits per heavy atom. The van der Waals surface area contributed by atoms with Crippen LogP contribution in [-0.4, -0.2) is 23.4 Å². The highest BCUT2D eigenvalue weighted by atomic mass is 16.5. The zero-order valence-corrected chi connectivity index (χ0v) is 7.62. The molecule has 0 spiro atoms. The molecule has 1 aliphatic rings. The fraction of sp³-hybridized carbons (Fsp3) is 0.750.